The van der Waals surface area contributed by atoms with Gasteiger partial charge in [0.05, 0.1) is 6.54 Å². The van der Waals surface area contributed by atoms with Gasteiger partial charge in [0, 0.05) is 0 Å². The van der Waals surface area contributed by atoms with Crippen LogP contribution in [-0.2, 0) is 0 Å². The van der Waals surface area contributed by atoms with E-state index in [0.717, 1.165) is 0 Å². The number of hydroxylamine groups is 1. The maximum absolute atomic E-state index is 9.82. The van der Waals surface area contributed by atoms with Crippen molar-refractivity contribution in [2.75, 3.05) is 13.6 Å². The van der Waals surface area contributed by atoms with Gasteiger partial charge >= 0.3 is 0 Å². The molecular formula is C3H8N2O. The summed E-state index contributed by atoms with van der Waals surface area (Å²) in [4.78, 5) is 0. The van der Waals surface area contributed by atoms with E-state index < -0.39 is 0 Å². The van der Waals surface area contributed by atoms with Gasteiger partial charge in [-0.2, -0.15) is 0 Å². The van der Waals surface area contributed by atoms with E-state index in [9.17, 15) is 5.21 Å². The molecule has 3 heteroatoms. The molecule has 0 heterocycles. The topological polar surface area (TPSA) is 52.1 Å². The number of nitrogens with two attached hydrogens (primary N) is 1. The Morgan fingerprint density at radius 1 is 2.00 bits per heavy atom. The van der Waals surface area contributed by atoms with Crippen molar-refractivity contribution in [3.63, 3.8) is 0 Å². The van der Waals surface area contributed by atoms with Crippen LogP contribution in [-0.4, -0.2) is 24.5 Å². The highest BCUT2D eigenvalue weighted by Crippen LogP contribution is 1.47. The molecule has 0 bridgehead atoms. The Hall–Kier alpha value is -0.570. The maximum Gasteiger partial charge on any atom is 0.164 e. The fraction of sp³-hybridized carbons (Fsp3) is 0.667. The Morgan fingerprint density at radius 3 is 2.50 bits per heavy atom. The molecule has 0 amide bonds. The average Bonchev–Trinajstić information content (AvgIpc) is 1.35. The first-order valence-electron chi connectivity index (χ1n) is 1.70. The highest BCUT2D eigenvalue weighted by Gasteiger charge is 1.68. The summed E-state index contributed by atoms with van der Waals surface area (Å²) in [5, 5.41) is 9.82. The fourth-order valence-electron chi connectivity index (χ4n) is 0.148. The van der Waals surface area contributed by atoms with Crippen LogP contribution in [0, 0.1) is 5.21 Å². The first-order valence-corrected chi connectivity index (χ1v) is 1.70. The van der Waals surface area contributed by atoms with Gasteiger partial charge in [0.25, 0.3) is 0 Å². The first kappa shape index (κ1) is 5.43. The van der Waals surface area contributed by atoms with Gasteiger partial charge in [-0.25, -0.2) is 4.74 Å². The minimum Gasteiger partial charge on any atom is -0.624 e. The van der Waals surface area contributed by atoms with Crippen LogP contribution in [0.5, 0.6) is 0 Å². The molecule has 36 valence electrons. The molecule has 0 saturated heterocycles. The highest BCUT2D eigenvalue weighted by molar-refractivity contribution is 5.53. The second kappa shape index (κ2) is 2.66. The summed E-state index contributed by atoms with van der Waals surface area (Å²) in [6.07, 6.45) is 1.35. The Kier molecular flexibility index (Phi) is 2.40. The molecule has 0 aliphatic rings. The van der Waals surface area contributed by atoms with Gasteiger partial charge in [0.15, 0.2) is 6.21 Å². The predicted octanol–water partition coefficient (Wildman–Crippen LogP) is -0.844. The second-order valence-electron chi connectivity index (χ2n) is 0.964. The molecule has 0 atom stereocenters. The summed E-state index contributed by atoms with van der Waals surface area (Å²) < 4.78 is 0.681. The highest BCUT2D eigenvalue weighted by atomic mass is 16.5. The number of hydrogen-bond acceptors (Lipinski definition) is 2. The molecule has 0 saturated carbocycles. The molecule has 3 nitrogen and oxygen atoms in total. The molecule has 0 aromatic rings. The smallest absolute Gasteiger partial charge is 0.164 e. The summed E-state index contributed by atoms with van der Waals surface area (Å²) in [6.45, 7) is 0.319. The molecule has 0 aromatic heterocycles. The SMILES string of the molecule is C/[N+]([O-])=C/CN. The molecule has 0 aliphatic heterocycles. The van der Waals surface area contributed by atoms with Gasteiger partial charge in [-0.1, -0.05) is 0 Å². The van der Waals surface area contributed by atoms with E-state index in [1.165, 1.54) is 13.3 Å². The van der Waals surface area contributed by atoms with Gasteiger partial charge in [0.2, 0.25) is 0 Å². The second-order valence-corrected chi connectivity index (χ2v) is 0.964. The van der Waals surface area contributed by atoms with Crippen LogP contribution >= 0.6 is 0 Å². The van der Waals surface area contributed by atoms with E-state index in [1.54, 1.807) is 0 Å². The van der Waals surface area contributed by atoms with Crippen molar-refractivity contribution in [2.45, 2.75) is 0 Å². The van der Waals surface area contributed by atoms with Crippen LogP contribution in [0.15, 0.2) is 0 Å². The van der Waals surface area contributed by atoms with Crippen molar-refractivity contribution < 1.29 is 4.74 Å². The molecule has 0 rings (SSSR count). The van der Waals surface area contributed by atoms with Crippen molar-refractivity contribution in [3.8, 4) is 0 Å². The van der Waals surface area contributed by atoms with E-state index in [0.29, 0.717) is 11.3 Å². The zero-order valence-electron chi connectivity index (χ0n) is 3.72. The summed E-state index contributed by atoms with van der Waals surface area (Å²) >= 11 is 0. The zero-order chi connectivity index (χ0) is 4.99. The Balaban J connectivity index is 3.14. The largest absolute Gasteiger partial charge is 0.624 e. The third-order valence-corrected chi connectivity index (χ3v) is 0.363. The van der Waals surface area contributed by atoms with Crippen molar-refractivity contribution in [1.29, 1.82) is 0 Å². The van der Waals surface area contributed by atoms with E-state index in [4.69, 9.17) is 5.73 Å². The normalized spacial score (nSPS) is 12.0. The van der Waals surface area contributed by atoms with Crippen molar-refractivity contribution in [3.05, 3.63) is 5.21 Å². The van der Waals surface area contributed by atoms with Gasteiger partial charge in [-0.05, 0) is 0 Å². The van der Waals surface area contributed by atoms with Crippen LogP contribution in [0.2, 0.25) is 0 Å². The molecule has 0 aliphatic carbocycles. The number of hydrogen-bond donors (Lipinski definition) is 1. The minimum atomic E-state index is 0.319. The first-order chi connectivity index (χ1) is 2.77. The molecule has 0 radical (unpaired) electrons. The lowest BCUT2D eigenvalue weighted by molar-refractivity contribution is -0.418. The van der Waals surface area contributed by atoms with E-state index in [2.05, 4.69) is 0 Å². The third-order valence-electron chi connectivity index (χ3n) is 0.363. The number of rotatable bonds is 1. The standard InChI is InChI=1S/C3H8N2O/c1-5(6)3-2-4/h3H,2,4H2,1H3/b5-3-. The van der Waals surface area contributed by atoms with E-state index in [1.807, 2.05) is 0 Å². The van der Waals surface area contributed by atoms with Gasteiger partial charge in [-0.15, -0.1) is 0 Å². The third kappa shape index (κ3) is 3.43. The minimum absolute atomic E-state index is 0.319. The lowest BCUT2D eigenvalue weighted by atomic mass is 10.7. The molecular weight excluding hydrogens is 80.0 g/mol. The van der Waals surface area contributed by atoms with E-state index in [-0.39, 0.29) is 0 Å². The van der Waals surface area contributed by atoms with Crippen molar-refractivity contribution in [1.82, 2.24) is 0 Å². The molecule has 0 fully saturated rings. The van der Waals surface area contributed by atoms with Crippen LogP contribution in [0.3, 0.4) is 0 Å². The van der Waals surface area contributed by atoms with Crippen LogP contribution in [0.25, 0.3) is 0 Å². The summed E-state index contributed by atoms with van der Waals surface area (Å²) in [5.74, 6) is 0. The van der Waals surface area contributed by atoms with Crippen LogP contribution in [0.1, 0.15) is 0 Å². The average molecular weight is 88.1 g/mol. The summed E-state index contributed by atoms with van der Waals surface area (Å²) in [6, 6.07) is 0. The van der Waals surface area contributed by atoms with Gasteiger partial charge in [-0.3, -0.25) is 0 Å². The zero-order valence-corrected chi connectivity index (χ0v) is 3.72. The number of nitrogens with zero attached hydrogens (tertiary/aromatic N) is 1. The van der Waals surface area contributed by atoms with Gasteiger partial charge in [0.1, 0.15) is 7.05 Å². The molecule has 2 N–H and O–H groups in total. The van der Waals surface area contributed by atoms with Crippen molar-refractivity contribution >= 4 is 6.21 Å². The quantitative estimate of drug-likeness (QED) is 0.196. The molecule has 0 spiro atoms. The Bertz CT molecular complexity index is 55.8. The lowest BCUT2D eigenvalue weighted by Gasteiger charge is -1.89. The maximum atomic E-state index is 9.82. The fourth-order valence-corrected chi connectivity index (χ4v) is 0.148. The monoisotopic (exact) mass is 88.1 g/mol. The van der Waals surface area contributed by atoms with Gasteiger partial charge < -0.3 is 10.9 Å². The molecule has 6 heavy (non-hydrogen) atoms. The van der Waals surface area contributed by atoms with Crippen LogP contribution < -0.4 is 5.73 Å². The van der Waals surface area contributed by atoms with Crippen molar-refractivity contribution in [2.24, 2.45) is 5.73 Å². The predicted molar refractivity (Wildman–Crippen MR) is 24.7 cm³/mol. The molecule has 0 aromatic carbocycles. The Labute approximate surface area is 36.7 Å². The van der Waals surface area contributed by atoms with Crippen LogP contribution in [0.4, 0.5) is 0 Å². The lowest BCUT2D eigenvalue weighted by Crippen LogP contribution is -2.07. The Morgan fingerprint density at radius 2 is 2.50 bits per heavy atom. The summed E-state index contributed by atoms with van der Waals surface area (Å²) in [5.41, 5.74) is 4.93. The summed E-state index contributed by atoms with van der Waals surface area (Å²) in [7, 11) is 1.40. The van der Waals surface area contributed by atoms with E-state index >= 15 is 0 Å². The molecule has 0 unspecified atom stereocenters.